The molecule has 0 spiro atoms. The van der Waals surface area contributed by atoms with E-state index in [-0.39, 0.29) is 18.8 Å². The highest BCUT2D eigenvalue weighted by Crippen LogP contribution is 2.38. The molecule has 2 heterocycles. The molecule has 9 nitrogen and oxygen atoms in total. The number of anilines is 1. The van der Waals surface area contributed by atoms with Crippen LogP contribution in [0.25, 0.3) is 0 Å². The van der Waals surface area contributed by atoms with Crippen molar-refractivity contribution in [2.75, 3.05) is 12.3 Å². The Balaban J connectivity index is 2.06. The summed E-state index contributed by atoms with van der Waals surface area (Å²) in [6.45, 7) is -4.09. The van der Waals surface area contributed by atoms with Gasteiger partial charge in [-0.2, -0.15) is 4.98 Å². The number of hydrogen-bond acceptors (Lipinski definition) is 7. The van der Waals surface area contributed by atoms with Crippen molar-refractivity contribution in [3.63, 3.8) is 0 Å². The third-order valence-electron chi connectivity index (χ3n) is 2.77. The topological polar surface area (TPSA) is 140 Å². The van der Waals surface area contributed by atoms with Gasteiger partial charge in [0, 0.05) is 12.6 Å². The van der Waals surface area contributed by atoms with Crippen molar-refractivity contribution < 1.29 is 24.2 Å². The number of ether oxygens (including phenoxy) is 1. The van der Waals surface area contributed by atoms with Crippen molar-refractivity contribution in [3.05, 3.63) is 22.7 Å². The lowest BCUT2D eigenvalue weighted by atomic mass is 10.2. The Labute approximate surface area is 118 Å². The van der Waals surface area contributed by atoms with Gasteiger partial charge in [-0.3, -0.25) is 4.57 Å². The Bertz CT molecular complexity index is 589. The van der Waals surface area contributed by atoms with E-state index in [0.717, 1.165) is 0 Å². The van der Waals surface area contributed by atoms with Gasteiger partial charge in [-0.05, 0) is 17.9 Å². The molecule has 0 bridgehead atoms. The van der Waals surface area contributed by atoms with Crippen LogP contribution < -0.4 is 11.4 Å². The molecule has 1 saturated heterocycles. The van der Waals surface area contributed by atoms with Gasteiger partial charge >= 0.3 is 12.4 Å². The smallest absolute Gasteiger partial charge is 0.351 e. The van der Waals surface area contributed by atoms with Crippen LogP contribution in [-0.2, 0) is 21.1 Å². The minimum Gasteiger partial charge on any atom is -0.390 e. The summed E-state index contributed by atoms with van der Waals surface area (Å²) < 4.78 is 11.3. The van der Waals surface area contributed by atoms with E-state index < -0.39 is 30.8 Å². The predicted molar refractivity (Wildman–Crippen MR) is 72.1 cm³/mol. The predicted octanol–water partition coefficient (Wildman–Crippen LogP) is -1.30. The minimum atomic E-state index is -3.81. The maximum Gasteiger partial charge on any atom is 0.351 e. The molecule has 0 saturated carbocycles. The first-order valence-corrected chi connectivity index (χ1v) is 8.27. The fourth-order valence-electron chi connectivity index (χ4n) is 1.85. The Morgan fingerprint density at radius 2 is 2.35 bits per heavy atom. The number of hydrogen-bond donors (Lipinski definition) is 4. The molecule has 0 amide bonds. The van der Waals surface area contributed by atoms with Crippen LogP contribution in [0.5, 0.6) is 0 Å². The molecule has 1 aliphatic heterocycles. The zero-order chi connectivity index (χ0) is 14.9. The van der Waals surface area contributed by atoms with Crippen molar-refractivity contribution in [3.8, 4) is 0 Å². The van der Waals surface area contributed by atoms with Crippen LogP contribution in [0.1, 0.15) is 12.6 Å². The van der Waals surface area contributed by atoms with Crippen LogP contribution in [0, 0.1) is 0 Å². The molecule has 11 heteroatoms. The van der Waals surface area contributed by atoms with Crippen molar-refractivity contribution in [2.24, 2.45) is 0 Å². The number of nitrogens with two attached hydrogens (primary N) is 1. The second-order valence-electron chi connectivity index (χ2n) is 4.26. The first-order chi connectivity index (χ1) is 9.26. The average molecular weight is 323 g/mol. The van der Waals surface area contributed by atoms with Crippen LogP contribution in [-0.4, -0.2) is 43.3 Å². The standard InChI is InChI=1S/C9H14N3O6PS/c10-7-1-2-12(9(14)11-7)8-3-5(13)6(18-8)4-17-19(15,16)20/h1-2,5-6,8,13H,3-4H2,(H2,10,11,14)(H2,15,16,20). The lowest BCUT2D eigenvalue weighted by Crippen LogP contribution is -2.28. The highest BCUT2D eigenvalue weighted by Gasteiger charge is 2.36. The molecular weight excluding hydrogens is 309 g/mol. The molecule has 5 N–H and O–H groups in total. The molecule has 112 valence electrons. The Kier molecular flexibility index (Phi) is 4.55. The minimum absolute atomic E-state index is 0.0888. The average Bonchev–Trinajstić information content (AvgIpc) is 2.67. The normalized spacial score (nSPS) is 26.9. The van der Waals surface area contributed by atoms with Gasteiger partial charge in [0.05, 0.1) is 12.7 Å². The first-order valence-electron chi connectivity index (χ1n) is 5.64. The quantitative estimate of drug-likeness (QED) is 0.498. The highest BCUT2D eigenvalue weighted by atomic mass is 32.5. The SMILES string of the molecule is Nc1ccn(C2CC(O)C(COP(O)(O)=S)O2)c(=O)n1. The van der Waals surface area contributed by atoms with Crippen molar-refractivity contribution in [1.82, 2.24) is 9.55 Å². The van der Waals surface area contributed by atoms with E-state index in [9.17, 15) is 9.90 Å². The van der Waals surface area contributed by atoms with Crippen LogP contribution in [0.3, 0.4) is 0 Å². The molecule has 3 atom stereocenters. The van der Waals surface area contributed by atoms with Gasteiger partial charge < -0.3 is 29.9 Å². The van der Waals surface area contributed by atoms with E-state index in [4.69, 9.17) is 20.3 Å². The lowest BCUT2D eigenvalue weighted by molar-refractivity contribution is -0.0426. The van der Waals surface area contributed by atoms with Crippen LogP contribution >= 0.6 is 6.72 Å². The lowest BCUT2D eigenvalue weighted by Gasteiger charge is -2.17. The van der Waals surface area contributed by atoms with Crippen LogP contribution in [0.2, 0.25) is 0 Å². The number of nitrogens with zero attached hydrogens (tertiary/aromatic N) is 2. The number of rotatable bonds is 4. The molecule has 0 aliphatic carbocycles. The highest BCUT2D eigenvalue weighted by molar-refractivity contribution is 8.06. The third-order valence-corrected chi connectivity index (χ3v) is 3.57. The molecule has 1 fully saturated rings. The molecule has 1 aliphatic rings. The summed E-state index contributed by atoms with van der Waals surface area (Å²) in [6, 6.07) is 1.43. The molecule has 1 aromatic rings. The molecule has 3 unspecified atom stereocenters. The maximum atomic E-state index is 11.6. The van der Waals surface area contributed by atoms with Gasteiger partial charge in [-0.15, -0.1) is 0 Å². The van der Waals surface area contributed by atoms with Gasteiger partial charge in [0.1, 0.15) is 18.1 Å². The Morgan fingerprint density at radius 3 is 2.95 bits per heavy atom. The van der Waals surface area contributed by atoms with Gasteiger partial charge in [-0.25, -0.2) is 4.79 Å². The zero-order valence-corrected chi connectivity index (χ0v) is 11.9. The van der Waals surface area contributed by atoms with E-state index in [0.29, 0.717) is 0 Å². The largest absolute Gasteiger partial charge is 0.390 e. The molecule has 2 rings (SSSR count). The van der Waals surface area contributed by atoms with E-state index in [1.807, 2.05) is 0 Å². The second kappa shape index (κ2) is 5.86. The number of aliphatic hydroxyl groups is 1. The van der Waals surface area contributed by atoms with E-state index in [1.54, 1.807) is 0 Å². The molecular formula is C9H14N3O6PS. The molecule has 0 radical (unpaired) electrons. The van der Waals surface area contributed by atoms with Gasteiger partial charge in [0.15, 0.2) is 0 Å². The summed E-state index contributed by atoms with van der Waals surface area (Å²) in [6.07, 6.45) is -0.918. The van der Waals surface area contributed by atoms with Gasteiger partial charge in [-0.1, -0.05) is 0 Å². The van der Waals surface area contributed by atoms with E-state index in [2.05, 4.69) is 21.3 Å². The molecule has 20 heavy (non-hydrogen) atoms. The monoisotopic (exact) mass is 323 g/mol. The van der Waals surface area contributed by atoms with E-state index >= 15 is 0 Å². The molecule has 0 aromatic carbocycles. The number of aliphatic hydroxyl groups excluding tert-OH is 1. The third kappa shape index (κ3) is 3.83. The second-order valence-corrected chi connectivity index (χ2v) is 6.93. The Morgan fingerprint density at radius 1 is 1.65 bits per heavy atom. The fourth-order valence-corrected chi connectivity index (χ4v) is 2.38. The maximum absolute atomic E-state index is 11.6. The van der Waals surface area contributed by atoms with Crippen molar-refractivity contribution >= 4 is 24.3 Å². The van der Waals surface area contributed by atoms with E-state index in [1.165, 1.54) is 16.8 Å². The fraction of sp³-hybridized carbons (Fsp3) is 0.556. The number of aromatic nitrogens is 2. The Hall–Kier alpha value is -0.870. The van der Waals surface area contributed by atoms with Gasteiger partial charge in [0.2, 0.25) is 0 Å². The summed E-state index contributed by atoms with van der Waals surface area (Å²) in [5.41, 5.74) is 4.78. The summed E-state index contributed by atoms with van der Waals surface area (Å²) >= 11 is 4.30. The van der Waals surface area contributed by atoms with Gasteiger partial charge in [0.25, 0.3) is 0 Å². The van der Waals surface area contributed by atoms with Crippen LogP contribution in [0.4, 0.5) is 5.82 Å². The summed E-state index contributed by atoms with van der Waals surface area (Å²) in [5.74, 6) is 0.0888. The summed E-state index contributed by atoms with van der Waals surface area (Å²) in [4.78, 5) is 33.1. The summed E-state index contributed by atoms with van der Waals surface area (Å²) in [5, 5.41) is 9.81. The van der Waals surface area contributed by atoms with Crippen LogP contribution in [0.15, 0.2) is 17.1 Å². The number of nitrogen functional groups attached to an aromatic ring is 1. The zero-order valence-electron chi connectivity index (χ0n) is 10.2. The first kappa shape index (κ1) is 15.5. The molecule has 1 aromatic heterocycles. The van der Waals surface area contributed by atoms with Crippen molar-refractivity contribution in [2.45, 2.75) is 24.9 Å². The van der Waals surface area contributed by atoms with Crippen molar-refractivity contribution in [1.29, 1.82) is 0 Å². The summed E-state index contributed by atoms with van der Waals surface area (Å²) in [7, 11) is 0.